The minimum atomic E-state index is 0.278. The van der Waals surface area contributed by atoms with Gasteiger partial charge >= 0.3 is 0 Å². The molecule has 1 saturated heterocycles. The van der Waals surface area contributed by atoms with Crippen molar-refractivity contribution >= 4 is 5.91 Å². The molecule has 1 aliphatic rings. The Morgan fingerprint density at radius 2 is 2.14 bits per heavy atom. The van der Waals surface area contributed by atoms with Gasteiger partial charge < -0.3 is 15.5 Å². The summed E-state index contributed by atoms with van der Waals surface area (Å²) in [5.74, 6) is 0.278. The van der Waals surface area contributed by atoms with Gasteiger partial charge in [-0.2, -0.15) is 0 Å². The number of rotatable bonds is 4. The summed E-state index contributed by atoms with van der Waals surface area (Å²) in [4.78, 5) is 13.7. The molecule has 1 unspecified atom stereocenters. The Morgan fingerprint density at radius 1 is 1.50 bits per heavy atom. The molecule has 1 amide bonds. The van der Waals surface area contributed by atoms with Gasteiger partial charge in [-0.15, -0.1) is 0 Å². The molecule has 0 aliphatic carbocycles. The number of hydrogen-bond donors (Lipinski definition) is 2. The first kappa shape index (κ1) is 11.5. The number of carbonyl (C=O) groups excluding carboxylic acids is 1. The van der Waals surface area contributed by atoms with Crippen LogP contribution in [-0.4, -0.2) is 49.6 Å². The number of hydrogen-bond acceptors (Lipinski definition) is 3. The number of carbonyl (C=O) groups is 1. The smallest absolute Gasteiger partial charge is 0.224 e. The lowest BCUT2D eigenvalue weighted by Gasteiger charge is -2.28. The maximum absolute atomic E-state index is 11.7. The van der Waals surface area contributed by atoms with E-state index in [1.165, 1.54) is 0 Å². The highest BCUT2D eigenvalue weighted by molar-refractivity contribution is 5.76. The third-order valence-electron chi connectivity index (χ3n) is 2.50. The van der Waals surface area contributed by atoms with Gasteiger partial charge in [-0.25, -0.2) is 0 Å². The quantitative estimate of drug-likeness (QED) is 0.659. The minimum absolute atomic E-state index is 0.278. The van der Waals surface area contributed by atoms with E-state index in [4.69, 9.17) is 0 Å². The molecule has 2 N–H and O–H groups in total. The Hall–Kier alpha value is -0.610. The molecule has 0 radical (unpaired) electrons. The Balaban J connectivity index is 2.25. The van der Waals surface area contributed by atoms with Crippen molar-refractivity contribution in [2.75, 3.05) is 32.7 Å². The number of nitrogens with one attached hydrogen (secondary N) is 2. The lowest BCUT2D eigenvalue weighted by atomic mass is 10.2. The van der Waals surface area contributed by atoms with Crippen LogP contribution in [0.5, 0.6) is 0 Å². The molecule has 14 heavy (non-hydrogen) atoms. The number of piperazine rings is 1. The maximum atomic E-state index is 11.7. The van der Waals surface area contributed by atoms with Crippen molar-refractivity contribution in [1.29, 1.82) is 0 Å². The van der Waals surface area contributed by atoms with E-state index in [-0.39, 0.29) is 5.91 Å². The first-order chi connectivity index (χ1) is 6.74. The fourth-order valence-corrected chi connectivity index (χ4v) is 1.73. The van der Waals surface area contributed by atoms with Crippen molar-refractivity contribution in [2.24, 2.45) is 0 Å². The van der Waals surface area contributed by atoms with Gasteiger partial charge in [0.1, 0.15) is 0 Å². The van der Waals surface area contributed by atoms with Crippen molar-refractivity contribution in [2.45, 2.75) is 26.3 Å². The van der Waals surface area contributed by atoms with E-state index in [1.54, 1.807) is 0 Å². The third-order valence-corrected chi connectivity index (χ3v) is 2.50. The van der Waals surface area contributed by atoms with Crippen molar-refractivity contribution < 1.29 is 4.79 Å². The first-order valence-corrected chi connectivity index (χ1v) is 5.46. The lowest BCUT2D eigenvalue weighted by Crippen LogP contribution is -2.47. The Labute approximate surface area is 86.0 Å². The summed E-state index contributed by atoms with van der Waals surface area (Å²) >= 11 is 0. The summed E-state index contributed by atoms with van der Waals surface area (Å²) in [6.45, 7) is 8.63. The second-order valence-corrected chi connectivity index (χ2v) is 3.79. The zero-order valence-electron chi connectivity index (χ0n) is 9.18. The second kappa shape index (κ2) is 5.98. The molecule has 4 heteroatoms. The van der Waals surface area contributed by atoms with E-state index < -0.39 is 0 Å². The van der Waals surface area contributed by atoms with E-state index in [0.29, 0.717) is 12.5 Å². The molecule has 0 aromatic rings. The third kappa shape index (κ3) is 3.64. The van der Waals surface area contributed by atoms with Crippen molar-refractivity contribution in [3.05, 3.63) is 0 Å². The summed E-state index contributed by atoms with van der Waals surface area (Å²) in [7, 11) is 0. The summed E-state index contributed by atoms with van der Waals surface area (Å²) in [6, 6.07) is 0.294. The molecule has 1 rings (SSSR count). The molecule has 0 saturated carbocycles. The molecular weight excluding hydrogens is 178 g/mol. The van der Waals surface area contributed by atoms with Crippen LogP contribution in [0.3, 0.4) is 0 Å². The van der Waals surface area contributed by atoms with Gasteiger partial charge in [-0.05, 0) is 13.5 Å². The molecular formula is C10H21N3O. The summed E-state index contributed by atoms with van der Waals surface area (Å²) in [5.41, 5.74) is 0. The molecule has 1 aliphatic heterocycles. The molecule has 82 valence electrons. The SMILES string of the molecule is CCNC(C)CC(=O)N1CCNCC1. The van der Waals surface area contributed by atoms with Crippen LogP contribution in [0.25, 0.3) is 0 Å². The van der Waals surface area contributed by atoms with Crippen LogP contribution in [-0.2, 0) is 4.79 Å². The van der Waals surface area contributed by atoms with Gasteiger partial charge in [-0.3, -0.25) is 4.79 Å². The fourth-order valence-electron chi connectivity index (χ4n) is 1.73. The second-order valence-electron chi connectivity index (χ2n) is 3.79. The van der Waals surface area contributed by atoms with Crippen LogP contribution in [0.15, 0.2) is 0 Å². The summed E-state index contributed by atoms with van der Waals surface area (Å²) in [5, 5.41) is 6.49. The number of amides is 1. The zero-order chi connectivity index (χ0) is 10.4. The monoisotopic (exact) mass is 199 g/mol. The van der Waals surface area contributed by atoms with Gasteiger partial charge in [0.2, 0.25) is 5.91 Å². The number of nitrogens with zero attached hydrogens (tertiary/aromatic N) is 1. The Morgan fingerprint density at radius 3 is 2.71 bits per heavy atom. The van der Waals surface area contributed by atoms with Gasteiger partial charge in [0.25, 0.3) is 0 Å². The molecule has 1 fully saturated rings. The molecule has 1 heterocycles. The van der Waals surface area contributed by atoms with E-state index in [2.05, 4.69) is 24.5 Å². The Kier molecular flexibility index (Phi) is 4.90. The molecule has 0 spiro atoms. The normalized spacial score (nSPS) is 19.4. The van der Waals surface area contributed by atoms with Gasteiger partial charge in [-0.1, -0.05) is 6.92 Å². The first-order valence-electron chi connectivity index (χ1n) is 5.46. The van der Waals surface area contributed by atoms with E-state index >= 15 is 0 Å². The lowest BCUT2D eigenvalue weighted by molar-refractivity contribution is -0.132. The van der Waals surface area contributed by atoms with Gasteiger partial charge in [0.05, 0.1) is 0 Å². The van der Waals surface area contributed by atoms with Crippen LogP contribution in [0.1, 0.15) is 20.3 Å². The fraction of sp³-hybridized carbons (Fsp3) is 0.900. The van der Waals surface area contributed by atoms with Crippen LogP contribution < -0.4 is 10.6 Å². The Bertz CT molecular complexity index is 178. The highest BCUT2D eigenvalue weighted by Gasteiger charge is 2.17. The predicted molar refractivity (Wildman–Crippen MR) is 57.2 cm³/mol. The van der Waals surface area contributed by atoms with Crippen molar-refractivity contribution in [1.82, 2.24) is 15.5 Å². The molecule has 1 atom stereocenters. The summed E-state index contributed by atoms with van der Waals surface area (Å²) < 4.78 is 0. The van der Waals surface area contributed by atoms with Crippen LogP contribution >= 0.6 is 0 Å². The van der Waals surface area contributed by atoms with Crippen molar-refractivity contribution in [3.63, 3.8) is 0 Å². The maximum Gasteiger partial charge on any atom is 0.224 e. The highest BCUT2D eigenvalue weighted by atomic mass is 16.2. The van der Waals surface area contributed by atoms with Crippen LogP contribution in [0, 0.1) is 0 Å². The molecule has 0 aromatic carbocycles. The molecule has 0 aromatic heterocycles. The average molecular weight is 199 g/mol. The van der Waals surface area contributed by atoms with E-state index in [0.717, 1.165) is 32.7 Å². The molecule has 4 nitrogen and oxygen atoms in total. The zero-order valence-corrected chi connectivity index (χ0v) is 9.18. The standard InChI is InChI=1S/C10H21N3O/c1-3-12-9(2)8-10(14)13-6-4-11-5-7-13/h9,11-12H,3-8H2,1-2H3. The van der Waals surface area contributed by atoms with Crippen LogP contribution in [0.2, 0.25) is 0 Å². The van der Waals surface area contributed by atoms with Gasteiger partial charge in [0, 0.05) is 38.6 Å². The predicted octanol–water partition coefficient (Wildman–Crippen LogP) is -0.194. The highest BCUT2D eigenvalue weighted by Crippen LogP contribution is 2.00. The largest absolute Gasteiger partial charge is 0.340 e. The topological polar surface area (TPSA) is 44.4 Å². The molecule has 0 bridgehead atoms. The van der Waals surface area contributed by atoms with Gasteiger partial charge in [0.15, 0.2) is 0 Å². The van der Waals surface area contributed by atoms with Crippen molar-refractivity contribution in [3.8, 4) is 0 Å². The average Bonchev–Trinajstić information content (AvgIpc) is 2.19. The summed E-state index contributed by atoms with van der Waals surface area (Å²) in [6.07, 6.45) is 0.619. The van der Waals surface area contributed by atoms with E-state index in [9.17, 15) is 4.79 Å². The van der Waals surface area contributed by atoms with Crippen LogP contribution in [0.4, 0.5) is 0 Å². The van der Waals surface area contributed by atoms with E-state index in [1.807, 2.05) is 4.90 Å². The minimum Gasteiger partial charge on any atom is -0.340 e.